The van der Waals surface area contributed by atoms with Gasteiger partial charge in [-0.2, -0.15) is 9.97 Å². The van der Waals surface area contributed by atoms with Crippen LogP contribution in [0.15, 0.2) is 48.8 Å². The zero-order valence-electron chi connectivity index (χ0n) is 24.7. The van der Waals surface area contributed by atoms with Crippen LogP contribution in [0.5, 0.6) is 5.75 Å². The molecule has 13 nitrogen and oxygen atoms in total. The first-order chi connectivity index (χ1) is 21.4. The average molecular weight is 680 g/mol. The number of nitrogens with one attached hydrogen (secondary N) is 2. The van der Waals surface area contributed by atoms with E-state index in [1.54, 1.807) is 40.0 Å². The summed E-state index contributed by atoms with van der Waals surface area (Å²) in [6.45, 7) is 1.22. The maximum atomic E-state index is 16.4. The maximum Gasteiger partial charge on any atom is 0.323 e. The summed E-state index contributed by atoms with van der Waals surface area (Å²) in [5, 5.41) is 19.2. The number of anilines is 2. The molecule has 240 valence electrons. The van der Waals surface area contributed by atoms with Crippen molar-refractivity contribution in [1.29, 1.82) is 0 Å². The predicted octanol–water partition coefficient (Wildman–Crippen LogP) is 3.81. The second-order valence-corrected chi connectivity index (χ2v) is 14.5. The van der Waals surface area contributed by atoms with Crippen LogP contribution < -0.4 is 20.7 Å². The second-order valence-electron chi connectivity index (χ2n) is 11.2. The Bertz CT molecular complexity index is 1830. The Morgan fingerprint density at radius 3 is 2.69 bits per heavy atom. The molecule has 2 unspecified atom stereocenters. The number of halogens is 2. The molecule has 7 atom stereocenters. The molecule has 2 aliphatic rings. The van der Waals surface area contributed by atoms with Gasteiger partial charge in [-0.25, -0.2) is 14.5 Å². The van der Waals surface area contributed by atoms with Crippen molar-refractivity contribution in [3.05, 3.63) is 48.8 Å². The quantitative estimate of drug-likeness (QED) is 0.103. The molecule has 2 fully saturated rings. The van der Waals surface area contributed by atoms with Crippen molar-refractivity contribution in [3.8, 4) is 5.75 Å². The zero-order valence-corrected chi connectivity index (χ0v) is 27.1. The topological polar surface area (TPSA) is 168 Å². The Labute approximate surface area is 267 Å². The van der Waals surface area contributed by atoms with E-state index < -0.39 is 48.4 Å². The molecular formula is C28H32ClFN7O6PS. The number of carbonyl (C=O) groups excluding carboxylic acids is 1. The predicted molar refractivity (Wildman–Crippen MR) is 170 cm³/mol. The third-order valence-electron chi connectivity index (χ3n) is 7.84. The molecule has 17 heteroatoms. The zero-order chi connectivity index (χ0) is 32.3. The fourth-order valence-corrected chi connectivity index (χ4v) is 8.77. The van der Waals surface area contributed by atoms with Crippen LogP contribution >= 0.6 is 18.2 Å². The smallest absolute Gasteiger partial charge is 0.323 e. The van der Waals surface area contributed by atoms with Gasteiger partial charge in [0, 0.05) is 12.4 Å². The van der Waals surface area contributed by atoms with Crippen LogP contribution in [0, 0.1) is 0 Å². The number of ether oxygens (including phenoxy) is 2. The van der Waals surface area contributed by atoms with Gasteiger partial charge in [0.2, 0.25) is 5.95 Å². The van der Waals surface area contributed by atoms with Gasteiger partial charge in [0.05, 0.1) is 18.3 Å². The van der Waals surface area contributed by atoms with Crippen molar-refractivity contribution in [2.24, 2.45) is 0 Å². The number of carbonyl (C=O) groups is 1. The fourth-order valence-electron chi connectivity index (χ4n) is 5.62. The molecule has 1 aliphatic heterocycles. The van der Waals surface area contributed by atoms with Gasteiger partial charge in [-0.05, 0) is 44.0 Å². The normalized spacial score (nSPS) is 27.7. The molecule has 5 N–H and O–H groups in total. The summed E-state index contributed by atoms with van der Waals surface area (Å²) < 4.78 is 41.8. The molecule has 0 bridgehead atoms. The monoisotopic (exact) mass is 679 g/mol. The highest BCUT2D eigenvalue weighted by Gasteiger charge is 2.89. The summed E-state index contributed by atoms with van der Waals surface area (Å²) in [6, 6.07) is 11.9. The van der Waals surface area contributed by atoms with Crippen LogP contribution in [0.3, 0.4) is 0 Å². The van der Waals surface area contributed by atoms with Gasteiger partial charge in [-0.3, -0.25) is 13.9 Å². The lowest BCUT2D eigenvalue weighted by Crippen LogP contribution is -2.38. The Balaban J connectivity index is 1.33. The molecule has 3 heterocycles. The number of rotatable bonds is 11. The number of hydrogen-bond donors (Lipinski definition) is 4. The highest BCUT2D eigenvalue weighted by molar-refractivity contribution is 8.09. The van der Waals surface area contributed by atoms with E-state index in [-0.39, 0.29) is 23.6 Å². The van der Waals surface area contributed by atoms with E-state index in [9.17, 15) is 9.90 Å². The lowest BCUT2D eigenvalue weighted by Gasteiger charge is -2.30. The third kappa shape index (κ3) is 5.20. The number of nitrogens with two attached hydrogens (primary N) is 1. The van der Waals surface area contributed by atoms with Crippen LogP contribution in [-0.2, 0) is 30.6 Å². The SMILES string of the molecule is CNc1nc(N)nc2c1ncn2[C@@H]1O[C@]2(CCl)C(OP(=S)(N[C@@H](C)C(=O)OC(C)C)Oc3cccc4ccccc34)[C@]2(O)[C@H]1F. The van der Waals surface area contributed by atoms with E-state index in [2.05, 4.69) is 25.4 Å². The summed E-state index contributed by atoms with van der Waals surface area (Å²) >= 11 is 12.3. The average Bonchev–Trinajstić information content (AvgIpc) is 3.23. The van der Waals surface area contributed by atoms with Gasteiger partial charge in [-0.15, -0.1) is 11.6 Å². The molecule has 0 spiro atoms. The molecule has 0 radical (unpaired) electrons. The minimum absolute atomic E-state index is 0.0680. The highest BCUT2D eigenvalue weighted by Crippen LogP contribution is 2.69. The Morgan fingerprint density at radius 2 is 2.00 bits per heavy atom. The van der Waals surface area contributed by atoms with E-state index >= 15 is 4.39 Å². The molecule has 45 heavy (non-hydrogen) atoms. The van der Waals surface area contributed by atoms with E-state index in [0.29, 0.717) is 17.1 Å². The molecule has 0 amide bonds. The molecular weight excluding hydrogens is 648 g/mol. The number of esters is 1. The molecule has 1 saturated carbocycles. The first-order valence-electron chi connectivity index (χ1n) is 14.1. The number of imidazole rings is 1. The summed E-state index contributed by atoms with van der Waals surface area (Å²) in [7, 11) is 1.63. The number of nitrogen functional groups attached to an aromatic ring is 1. The molecule has 1 aliphatic carbocycles. The van der Waals surface area contributed by atoms with Crippen molar-refractivity contribution in [1.82, 2.24) is 24.6 Å². The third-order valence-corrected chi connectivity index (χ3v) is 10.7. The van der Waals surface area contributed by atoms with Crippen molar-refractivity contribution >= 4 is 69.7 Å². The minimum atomic E-state index is -3.76. The molecule has 2 aromatic heterocycles. The molecule has 4 aromatic rings. The number of benzene rings is 2. The Kier molecular flexibility index (Phi) is 8.17. The van der Waals surface area contributed by atoms with E-state index in [1.165, 1.54) is 10.9 Å². The number of alkyl halides is 2. The number of aliphatic hydroxyl groups is 1. The summed E-state index contributed by atoms with van der Waals surface area (Å²) in [5.41, 5.74) is 2.41. The first kappa shape index (κ1) is 31.8. The van der Waals surface area contributed by atoms with E-state index in [0.717, 1.165) is 10.8 Å². The van der Waals surface area contributed by atoms with Crippen LogP contribution in [-0.4, -0.2) is 79.1 Å². The van der Waals surface area contributed by atoms with Gasteiger partial charge in [0.25, 0.3) is 0 Å². The van der Waals surface area contributed by atoms with Crippen LogP contribution in [0.25, 0.3) is 21.9 Å². The summed E-state index contributed by atoms with van der Waals surface area (Å²) in [6.07, 6.45) is -3.89. The lowest BCUT2D eigenvalue weighted by atomic mass is 10.1. The van der Waals surface area contributed by atoms with Gasteiger partial charge in [-0.1, -0.05) is 36.4 Å². The minimum Gasteiger partial charge on any atom is -0.462 e. The number of nitrogens with zero attached hydrogens (tertiary/aromatic N) is 4. The van der Waals surface area contributed by atoms with Crippen molar-refractivity contribution in [2.45, 2.75) is 62.6 Å². The fraction of sp³-hybridized carbons (Fsp3) is 0.429. The lowest BCUT2D eigenvalue weighted by molar-refractivity contribution is -0.149. The molecule has 2 aromatic carbocycles. The van der Waals surface area contributed by atoms with Crippen LogP contribution in [0.4, 0.5) is 16.2 Å². The van der Waals surface area contributed by atoms with Gasteiger partial charge in [0.15, 0.2) is 35.0 Å². The maximum absolute atomic E-state index is 16.4. The van der Waals surface area contributed by atoms with Gasteiger partial charge in [0.1, 0.15) is 23.5 Å². The van der Waals surface area contributed by atoms with Gasteiger partial charge < -0.3 is 30.2 Å². The van der Waals surface area contributed by atoms with Crippen LogP contribution in [0.2, 0.25) is 0 Å². The number of aromatic nitrogens is 4. The number of hydrogen-bond acceptors (Lipinski definition) is 12. The van der Waals surface area contributed by atoms with E-state index in [4.69, 9.17) is 47.7 Å². The van der Waals surface area contributed by atoms with Crippen molar-refractivity contribution in [3.63, 3.8) is 0 Å². The van der Waals surface area contributed by atoms with E-state index in [1.807, 2.05) is 30.3 Å². The molecule has 1 saturated heterocycles. The van der Waals surface area contributed by atoms with Gasteiger partial charge >= 0.3 is 12.6 Å². The largest absolute Gasteiger partial charge is 0.462 e. The Morgan fingerprint density at radius 1 is 1.27 bits per heavy atom. The van der Waals surface area contributed by atoms with Crippen LogP contribution in [0.1, 0.15) is 27.0 Å². The highest BCUT2D eigenvalue weighted by atomic mass is 35.5. The van der Waals surface area contributed by atoms with Crippen molar-refractivity contribution in [2.75, 3.05) is 24.0 Å². The second kappa shape index (κ2) is 11.6. The summed E-state index contributed by atoms with van der Waals surface area (Å²) in [5.74, 6) is -0.319. The number of fused-ring (bicyclic) bond motifs is 3. The first-order valence-corrected chi connectivity index (χ1v) is 17.3. The summed E-state index contributed by atoms with van der Waals surface area (Å²) in [4.78, 5) is 25.3. The standard InChI is InChI=1S/C28H32ClFN7O6PS/c1-14(2)40-24(38)15(3)36-44(45,42-18-11-7-9-16-8-5-6-10-17(16)18)43-25-27(12-29)28(25,39)20(30)23(41-27)37-13-33-19-21(32-4)34-26(31)35-22(19)37/h5-11,13-15,20,23,25,39H,12H2,1-4H3,(H,36,45)(H3,31,32,34,35)/t15-,20-,23+,25?,27+,28+,44?/m0/s1. The Hall–Kier alpha value is -3.17. The van der Waals surface area contributed by atoms with Crippen molar-refractivity contribution < 1.29 is 32.8 Å². The molecule has 6 rings (SSSR count).